The molecule has 1 aromatic rings. The van der Waals surface area contributed by atoms with E-state index in [2.05, 4.69) is 0 Å². The molecule has 0 amide bonds. The predicted octanol–water partition coefficient (Wildman–Crippen LogP) is 4.74. The lowest BCUT2D eigenvalue weighted by Crippen LogP contribution is -2.40. The van der Waals surface area contributed by atoms with Crippen molar-refractivity contribution in [3.8, 4) is 0 Å². The maximum absolute atomic E-state index is 6.19. The van der Waals surface area contributed by atoms with Crippen molar-refractivity contribution in [2.45, 2.75) is 32.1 Å². The Bertz CT molecular complexity index is 577. The summed E-state index contributed by atoms with van der Waals surface area (Å²) in [5.41, 5.74) is 9.45. The van der Waals surface area contributed by atoms with Gasteiger partial charge in [0.2, 0.25) is 0 Å². The van der Waals surface area contributed by atoms with Crippen molar-refractivity contribution in [3.63, 3.8) is 0 Å². The smallest absolute Gasteiger partial charge is 0.127 e. The number of hydrogen-bond donors (Lipinski definition) is 1. The maximum atomic E-state index is 6.19. The summed E-state index contributed by atoms with van der Waals surface area (Å²) in [5.74, 6) is 4.31. The number of nitrogen functional groups attached to an aromatic ring is 1. The first-order chi connectivity index (χ1) is 10.2. The minimum Gasteiger partial charge on any atom is -0.496 e. The van der Waals surface area contributed by atoms with Crippen LogP contribution in [0.5, 0.6) is 0 Å². The van der Waals surface area contributed by atoms with Crippen LogP contribution < -0.4 is 5.73 Å². The zero-order valence-electron chi connectivity index (χ0n) is 12.4. The van der Waals surface area contributed by atoms with Gasteiger partial charge in [0.1, 0.15) is 5.76 Å². The molecule has 4 saturated carbocycles. The van der Waals surface area contributed by atoms with Crippen molar-refractivity contribution >= 4 is 23.0 Å². The minimum absolute atomic E-state index is 0.703. The highest BCUT2D eigenvalue weighted by molar-refractivity contribution is 6.30. The molecule has 5 rings (SSSR count). The second kappa shape index (κ2) is 4.95. The molecule has 0 atom stereocenters. The third kappa shape index (κ3) is 2.15. The Hall–Kier alpha value is -1.15. The van der Waals surface area contributed by atoms with Crippen molar-refractivity contribution in [3.05, 3.63) is 34.4 Å². The fourth-order valence-electron chi connectivity index (χ4n) is 5.17. The van der Waals surface area contributed by atoms with Gasteiger partial charge in [0.25, 0.3) is 0 Å². The van der Waals surface area contributed by atoms with Crippen LogP contribution >= 0.6 is 11.6 Å². The van der Waals surface area contributed by atoms with Crippen molar-refractivity contribution in [2.24, 2.45) is 23.7 Å². The van der Waals surface area contributed by atoms with Crippen LogP contribution in [0.25, 0.3) is 5.76 Å². The monoisotopic (exact) mass is 303 g/mol. The molecule has 2 nitrogen and oxygen atoms in total. The third-order valence-electron chi connectivity index (χ3n) is 5.74. The summed E-state index contributed by atoms with van der Waals surface area (Å²) in [6.07, 6.45) is 6.83. The molecular weight excluding hydrogens is 282 g/mol. The van der Waals surface area contributed by atoms with Crippen LogP contribution in [0.1, 0.15) is 37.7 Å². The fourth-order valence-corrected chi connectivity index (χ4v) is 5.34. The average molecular weight is 304 g/mol. The lowest BCUT2D eigenvalue weighted by Gasteiger charge is -2.51. The van der Waals surface area contributed by atoms with Gasteiger partial charge in [-0.2, -0.15) is 0 Å². The number of hydrogen-bond acceptors (Lipinski definition) is 2. The molecule has 4 fully saturated rings. The summed E-state index contributed by atoms with van der Waals surface area (Å²) in [6, 6.07) is 5.68. The van der Waals surface area contributed by atoms with Crippen LogP contribution in [-0.2, 0) is 4.74 Å². The summed E-state index contributed by atoms with van der Waals surface area (Å²) in [5, 5.41) is 0.721. The van der Waals surface area contributed by atoms with E-state index in [0.717, 1.165) is 33.9 Å². The lowest BCUT2D eigenvalue weighted by atomic mass is 9.54. The highest BCUT2D eigenvalue weighted by Crippen LogP contribution is 2.58. The second-order valence-corrected chi connectivity index (χ2v) is 7.46. The van der Waals surface area contributed by atoms with E-state index in [9.17, 15) is 0 Å². The SMILES string of the molecule is COC(=C1C2CC3CC(C2)CC1C3)c1cc(Cl)ccc1N. The Morgan fingerprint density at radius 2 is 1.71 bits per heavy atom. The van der Waals surface area contributed by atoms with Crippen molar-refractivity contribution < 1.29 is 4.74 Å². The van der Waals surface area contributed by atoms with E-state index >= 15 is 0 Å². The number of allylic oxidation sites excluding steroid dienone is 1. The van der Waals surface area contributed by atoms with Gasteiger partial charge in [0.05, 0.1) is 7.11 Å². The lowest BCUT2D eigenvalue weighted by molar-refractivity contribution is 0.0675. The van der Waals surface area contributed by atoms with Gasteiger partial charge in [-0.05, 0) is 79.5 Å². The van der Waals surface area contributed by atoms with Crippen molar-refractivity contribution in [2.75, 3.05) is 12.8 Å². The van der Waals surface area contributed by atoms with Gasteiger partial charge in [-0.25, -0.2) is 0 Å². The first kappa shape index (κ1) is 13.5. The Balaban J connectivity index is 1.83. The maximum Gasteiger partial charge on any atom is 0.127 e. The van der Waals surface area contributed by atoms with Crippen molar-refractivity contribution in [1.82, 2.24) is 0 Å². The van der Waals surface area contributed by atoms with E-state index in [4.69, 9.17) is 22.1 Å². The summed E-state index contributed by atoms with van der Waals surface area (Å²) in [4.78, 5) is 0. The summed E-state index contributed by atoms with van der Waals surface area (Å²) >= 11 is 6.17. The quantitative estimate of drug-likeness (QED) is 0.633. The minimum atomic E-state index is 0.703. The molecule has 0 saturated heterocycles. The van der Waals surface area contributed by atoms with Gasteiger partial charge < -0.3 is 10.5 Å². The Kier molecular flexibility index (Phi) is 3.18. The zero-order chi connectivity index (χ0) is 14.6. The first-order valence-corrected chi connectivity index (χ1v) is 8.37. The van der Waals surface area contributed by atoms with E-state index in [0.29, 0.717) is 11.8 Å². The van der Waals surface area contributed by atoms with Gasteiger partial charge in [-0.3, -0.25) is 0 Å². The van der Waals surface area contributed by atoms with Crippen LogP contribution in [0, 0.1) is 23.7 Å². The van der Waals surface area contributed by atoms with Crippen LogP contribution in [0.15, 0.2) is 23.8 Å². The molecule has 0 radical (unpaired) electrons. The predicted molar refractivity (Wildman–Crippen MR) is 86.8 cm³/mol. The molecule has 4 aliphatic carbocycles. The number of nitrogens with two attached hydrogens (primary N) is 1. The molecular formula is C18H22ClNO. The number of methoxy groups -OCH3 is 1. The van der Waals surface area contributed by atoms with E-state index in [1.807, 2.05) is 18.2 Å². The Morgan fingerprint density at radius 3 is 2.29 bits per heavy atom. The van der Waals surface area contributed by atoms with Gasteiger partial charge in [0, 0.05) is 16.3 Å². The van der Waals surface area contributed by atoms with Gasteiger partial charge in [-0.15, -0.1) is 0 Å². The molecule has 0 aromatic heterocycles. The fraction of sp³-hybridized carbons (Fsp3) is 0.556. The highest BCUT2D eigenvalue weighted by Gasteiger charge is 2.46. The topological polar surface area (TPSA) is 35.2 Å². The molecule has 3 heteroatoms. The Morgan fingerprint density at radius 1 is 1.10 bits per heavy atom. The van der Waals surface area contributed by atoms with Gasteiger partial charge >= 0.3 is 0 Å². The van der Waals surface area contributed by atoms with Gasteiger partial charge in [-0.1, -0.05) is 11.6 Å². The molecule has 112 valence electrons. The number of halogens is 1. The largest absolute Gasteiger partial charge is 0.496 e. The molecule has 1 aromatic carbocycles. The van der Waals surface area contributed by atoms with E-state index in [1.54, 1.807) is 7.11 Å². The Labute approximate surface area is 131 Å². The second-order valence-electron chi connectivity index (χ2n) is 7.02. The zero-order valence-corrected chi connectivity index (χ0v) is 13.2. The number of ether oxygens (including phenoxy) is 1. The number of rotatable bonds is 2. The van der Waals surface area contributed by atoms with E-state index in [-0.39, 0.29) is 0 Å². The molecule has 2 N–H and O–H groups in total. The molecule has 21 heavy (non-hydrogen) atoms. The average Bonchev–Trinajstić information content (AvgIpc) is 2.45. The summed E-state index contributed by atoms with van der Waals surface area (Å²) in [7, 11) is 1.77. The van der Waals surface area contributed by atoms with E-state index < -0.39 is 0 Å². The molecule has 0 unspecified atom stereocenters. The first-order valence-electron chi connectivity index (χ1n) is 7.99. The molecule has 0 spiro atoms. The van der Waals surface area contributed by atoms with Gasteiger partial charge in [0.15, 0.2) is 0 Å². The highest BCUT2D eigenvalue weighted by atomic mass is 35.5. The van der Waals surface area contributed by atoms with Crippen LogP contribution in [0.2, 0.25) is 5.02 Å². The number of anilines is 1. The third-order valence-corrected chi connectivity index (χ3v) is 5.98. The molecule has 4 aliphatic rings. The summed E-state index contributed by atoms with van der Waals surface area (Å²) in [6.45, 7) is 0. The normalized spacial score (nSPS) is 33.3. The van der Waals surface area contributed by atoms with Crippen molar-refractivity contribution in [1.29, 1.82) is 0 Å². The number of benzene rings is 1. The molecule has 4 bridgehead atoms. The standard InChI is InChI=1S/C18H22ClNO/c1-21-18(15-9-14(19)2-3-16(15)20)17-12-5-10-4-11(7-12)8-13(17)6-10/h2-3,9-13H,4-8,20H2,1H3. The van der Waals surface area contributed by atoms with Crippen LogP contribution in [0.3, 0.4) is 0 Å². The molecule has 0 aliphatic heterocycles. The van der Waals surface area contributed by atoms with Crippen LogP contribution in [0.4, 0.5) is 5.69 Å². The van der Waals surface area contributed by atoms with E-state index in [1.165, 1.54) is 37.7 Å². The summed E-state index contributed by atoms with van der Waals surface area (Å²) < 4.78 is 5.84. The molecule has 0 heterocycles. The van der Waals surface area contributed by atoms with Crippen LogP contribution in [-0.4, -0.2) is 7.11 Å².